The molecule has 0 fully saturated rings. The largest absolute Gasteiger partial charge is 0.383 e. The van der Waals surface area contributed by atoms with Crippen molar-refractivity contribution in [2.75, 3.05) is 20.3 Å². The van der Waals surface area contributed by atoms with Crippen LogP contribution in [0.25, 0.3) is 0 Å². The molecule has 1 rings (SSSR count). The van der Waals surface area contributed by atoms with Gasteiger partial charge in [0.15, 0.2) is 0 Å². The van der Waals surface area contributed by atoms with Gasteiger partial charge in [-0.05, 0) is 23.8 Å². The number of amides is 1. The molecule has 6 heteroatoms. The smallest absolute Gasteiger partial charge is 0.239 e. The van der Waals surface area contributed by atoms with E-state index in [1.54, 1.807) is 25.3 Å². The molecule has 0 bridgehead atoms. The summed E-state index contributed by atoms with van der Waals surface area (Å²) in [6.45, 7) is 1.03. The van der Waals surface area contributed by atoms with Crippen LogP contribution < -0.4 is 11.1 Å². The lowest BCUT2D eigenvalue weighted by molar-refractivity contribution is -0.120. The van der Waals surface area contributed by atoms with Crippen LogP contribution in [0.5, 0.6) is 0 Å². The number of carbonyl (C=O) groups excluding carboxylic acids is 1. The lowest BCUT2D eigenvalue weighted by atomic mass is 10.1. The highest BCUT2D eigenvalue weighted by molar-refractivity contribution is 9.10. The zero-order valence-electron chi connectivity index (χ0n) is 9.37. The molecule has 17 heavy (non-hydrogen) atoms. The van der Waals surface area contributed by atoms with Crippen LogP contribution in [0.3, 0.4) is 0 Å². The van der Waals surface area contributed by atoms with Crippen LogP contribution in [0.1, 0.15) is 11.6 Å². The molecule has 0 aromatic heterocycles. The van der Waals surface area contributed by atoms with E-state index in [-0.39, 0.29) is 0 Å². The van der Waals surface area contributed by atoms with Gasteiger partial charge < -0.3 is 10.5 Å². The predicted molar refractivity (Wildman–Crippen MR) is 71.0 cm³/mol. The lowest BCUT2D eigenvalue weighted by Crippen LogP contribution is -2.35. The average Bonchev–Trinajstić information content (AvgIpc) is 2.28. The quantitative estimate of drug-likeness (QED) is 0.786. The zero-order valence-corrected chi connectivity index (χ0v) is 11.7. The van der Waals surface area contributed by atoms with E-state index in [4.69, 9.17) is 22.1 Å². The van der Waals surface area contributed by atoms with Crippen LogP contribution in [-0.4, -0.2) is 26.2 Å². The summed E-state index contributed by atoms with van der Waals surface area (Å²) in [7, 11) is 1.59. The Balaban J connectivity index is 2.89. The van der Waals surface area contributed by atoms with Gasteiger partial charge >= 0.3 is 0 Å². The number of nitrogens with two attached hydrogens (primary N) is 1. The molecule has 1 amide bonds. The number of methoxy groups -OCH3 is 1. The van der Waals surface area contributed by atoms with Crippen LogP contribution in [0.4, 0.5) is 0 Å². The Bertz CT molecular complexity index is 401. The third kappa shape index (κ3) is 4.27. The number of halogens is 2. The van der Waals surface area contributed by atoms with E-state index >= 15 is 0 Å². The molecule has 94 valence electrons. The van der Waals surface area contributed by atoms with Gasteiger partial charge in [0.2, 0.25) is 5.91 Å². The Morgan fingerprint density at radius 2 is 2.35 bits per heavy atom. The maximum atomic E-state index is 11.4. The molecule has 0 saturated heterocycles. The van der Waals surface area contributed by atoms with Crippen molar-refractivity contribution in [3.8, 4) is 0 Å². The summed E-state index contributed by atoms with van der Waals surface area (Å²) < 4.78 is 5.70. The fourth-order valence-electron chi connectivity index (χ4n) is 1.40. The maximum Gasteiger partial charge on any atom is 0.239 e. The molecule has 3 N–H and O–H groups in total. The summed E-state index contributed by atoms with van der Waals surface area (Å²) in [5.74, 6) is -0.455. The highest BCUT2D eigenvalue weighted by Crippen LogP contribution is 2.26. The minimum Gasteiger partial charge on any atom is -0.383 e. The van der Waals surface area contributed by atoms with Crippen molar-refractivity contribution in [1.29, 1.82) is 0 Å². The normalized spacial score (nSPS) is 12.4. The monoisotopic (exact) mass is 320 g/mol. The molecule has 1 aromatic rings. The van der Waals surface area contributed by atoms with Crippen LogP contribution in [0.2, 0.25) is 5.02 Å². The summed E-state index contributed by atoms with van der Waals surface area (Å²) in [6.07, 6.45) is 0. The van der Waals surface area contributed by atoms with Gasteiger partial charge in [0.1, 0.15) is 6.04 Å². The minimum absolute atomic E-state index is 0.455. The summed E-state index contributed by atoms with van der Waals surface area (Å²) in [6, 6.07) is 4.65. The van der Waals surface area contributed by atoms with E-state index in [1.807, 2.05) is 0 Å². The van der Waals surface area contributed by atoms with Crippen LogP contribution in [-0.2, 0) is 9.53 Å². The molecule has 1 unspecified atom stereocenters. The molecule has 0 saturated carbocycles. The van der Waals surface area contributed by atoms with Gasteiger partial charge in [-0.1, -0.05) is 27.5 Å². The number of rotatable bonds is 6. The van der Waals surface area contributed by atoms with Gasteiger partial charge in [-0.25, -0.2) is 0 Å². The Kier molecular flexibility index (Phi) is 5.91. The van der Waals surface area contributed by atoms with Crippen molar-refractivity contribution in [3.05, 3.63) is 33.3 Å². The van der Waals surface area contributed by atoms with Crippen molar-refractivity contribution in [1.82, 2.24) is 5.32 Å². The van der Waals surface area contributed by atoms with E-state index in [0.29, 0.717) is 18.2 Å². The summed E-state index contributed by atoms with van der Waals surface area (Å²) >= 11 is 9.27. The Hall–Kier alpha value is -0.620. The molecule has 0 aliphatic carbocycles. The third-order valence-corrected chi connectivity index (χ3v) is 3.17. The average molecular weight is 322 g/mol. The van der Waals surface area contributed by atoms with Crippen molar-refractivity contribution in [3.63, 3.8) is 0 Å². The second-order valence-electron chi connectivity index (χ2n) is 3.45. The number of hydrogen-bond donors (Lipinski definition) is 2. The number of nitrogens with one attached hydrogen (secondary N) is 1. The number of hydrogen-bond acceptors (Lipinski definition) is 3. The van der Waals surface area contributed by atoms with Gasteiger partial charge in [0.25, 0.3) is 0 Å². The maximum absolute atomic E-state index is 11.4. The number of primary amides is 1. The Morgan fingerprint density at radius 1 is 1.65 bits per heavy atom. The SMILES string of the molecule is COCCNC(C(N)=O)c1cc(Cl)ccc1Br. The van der Waals surface area contributed by atoms with E-state index in [0.717, 1.165) is 10.0 Å². The molecule has 0 radical (unpaired) electrons. The van der Waals surface area contributed by atoms with Gasteiger partial charge in [-0.3, -0.25) is 10.1 Å². The second-order valence-corrected chi connectivity index (χ2v) is 4.74. The molecule has 4 nitrogen and oxygen atoms in total. The molecular weight excluding hydrogens is 307 g/mol. The first-order valence-electron chi connectivity index (χ1n) is 5.03. The van der Waals surface area contributed by atoms with Crippen LogP contribution in [0, 0.1) is 0 Å². The highest BCUT2D eigenvalue weighted by atomic mass is 79.9. The van der Waals surface area contributed by atoms with Gasteiger partial charge in [0, 0.05) is 23.1 Å². The van der Waals surface area contributed by atoms with E-state index in [9.17, 15) is 4.79 Å². The third-order valence-electron chi connectivity index (χ3n) is 2.21. The molecular formula is C11H14BrClN2O2. The first-order chi connectivity index (χ1) is 8.06. The topological polar surface area (TPSA) is 64.3 Å². The minimum atomic E-state index is -0.585. The predicted octanol–water partition coefficient (Wildman–Crippen LogP) is 1.86. The molecule has 1 aromatic carbocycles. The Labute approximate surface area is 114 Å². The summed E-state index contributed by atoms with van der Waals surface area (Å²) in [4.78, 5) is 11.4. The van der Waals surface area contributed by atoms with E-state index in [1.165, 1.54) is 0 Å². The van der Waals surface area contributed by atoms with E-state index in [2.05, 4.69) is 21.2 Å². The van der Waals surface area contributed by atoms with Gasteiger partial charge in [-0.2, -0.15) is 0 Å². The lowest BCUT2D eigenvalue weighted by Gasteiger charge is -2.17. The Morgan fingerprint density at radius 3 is 2.94 bits per heavy atom. The number of ether oxygens (including phenoxy) is 1. The summed E-state index contributed by atoms with van der Waals surface area (Å²) in [5, 5.41) is 3.57. The fraction of sp³-hybridized carbons (Fsp3) is 0.364. The highest BCUT2D eigenvalue weighted by Gasteiger charge is 2.19. The van der Waals surface area contributed by atoms with Crippen molar-refractivity contribution in [2.45, 2.75) is 6.04 Å². The van der Waals surface area contributed by atoms with Gasteiger partial charge in [-0.15, -0.1) is 0 Å². The first kappa shape index (κ1) is 14.4. The molecule has 1 atom stereocenters. The molecule has 0 aliphatic rings. The van der Waals surface area contributed by atoms with Crippen molar-refractivity contribution in [2.24, 2.45) is 5.73 Å². The van der Waals surface area contributed by atoms with Crippen LogP contribution in [0.15, 0.2) is 22.7 Å². The standard InChI is InChI=1S/C11H14BrClN2O2/c1-17-5-4-15-10(11(14)16)8-6-7(13)2-3-9(8)12/h2-3,6,10,15H,4-5H2,1H3,(H2,14,16). The summed E-state index contributed by atoms with van der Waals surface area (Å²) in [5.41, 5.74) is 6.09. The van der Waals surface area contributed by atoms with Crippen molar-refractivity contribution < 1.29 is 9.53 Å². The fourth-order valence-corrected chi connectivity index (χ4v) is 2.06. The molecule has 0 heterocycles. The number of benzene rings is 1. The van der Waals surface area contributed by atoms with E-state index < -0.39 is 11.9 Å². The van der Waals surface area contributed by atoms with Gasteiger partial charge in [0.05, 0.1) is 6.61 Å². The second kappa shape index (κ2) is 6.96. The zero-order chi connectivity index (χ0) is 12.8. The molecule has 0 aliphatic heterocycles. The number of carbonyl (C=O) groups is 1. The molecule has 0 spiro atoms. The first-order valence-corrected chi connectivity index (χ1v) is 6.20. The van der Waals surface area contributed by atoms with Crippen molar-refractivity contribution >= 4 is 33.4 Å². The van der Waals surface area contributed by atoms with Crippen LogP contribution >= 0.6 is 27.5 Å².